The summed E-state index contributed by atoms with van der Waals surface area (Å²) >= 11 is 0. The molecule has 0 fully saturated rings. The van der Waals surface area contributed by atoms with Gasteiger partial charge in [-0.05, 0) is 65.5 Å². The number of ether oxygens (including phenoxy) is 1. The van der Waals surface area contributed by atoms with Crippen LogP contribution in [0.25, 0.3) is 0 Å². The molecule has 0 bridgehead atoms. The summed E-state index contributed by atoms with van der Waals surface area (Å²) in [6.45, 7) is 8.67. The van der Waals surface area contributed by atoms with Crippen LogP contribution in [0.1, 0.15) is 36.6 Å². The Morgan fingerprint density at radius 3 is 1.95 bits per heavy atom. The highest BCUT2D eigenvalue weighted by Crippen LogP contribution is 2.34. The second-order valence-corrected chi connectivity index (χ2v) is 6.03. The molecule has 3 nitrogen and oxygen atoms in total. The molecule has 0 saturated carbocycles. The number of nitrogens with one attached hydrogen (secondary N) is 1. The van der Waals surface area contributed by atoms with Gasteiger partial charge in [-0.1, -0.05) is 12.1 Å². The molecule has 3 heteroatoms. The van der Waals surface area contributed by atoms with Crippen molar-refractivity contribution in [2.24, 2.45) is 0 Å². The molecule has 0 spiro atoms. The molecule has 1 N–H and O–H groups in total. The lowest BCUT2D eigenvalue weighted by molar-refractivity contribution is 0.177. The van der Waals surface area contributed by atoms with E-state index < -0.39 is 0 Å². The molecule has 108 valence electrons. The van der Waals surface area contributed by atoms with E-state index in [-0.39, 0.29) is 5.54 Å². The molecule has 0 aliphatic carbocycles. The maximum absolute atomic E-state index is 5.45. The standard InChI is InChI=1S/C16H28N2O/c1-11-9-13(10-12(2)14(11)19-8)15(18(6)7)16(3,4)17-5/h9-10,15,17H,1-8H3. The molecule has 0 radical (unpaired) electrons. The molecule has 1 unspecified atom stereocenters. The second-order valence-electron chi connectivity index (χ2n) is 6.03. The Balaban J connectivity index is 3.33. The van der Waals surface area contributed by atoms with Gasteiger partial charge in [-0.15, -0.1) is 0 Å². The van der Waals surface area contributed by atoms with Gasteiger partial charge in [0.25, 0.3) is 0 Å². The third kappa shape index (κ3) is 3.28. The van der Waals surface area contributed by atoms with Gasteiger partial charge in [-0.25, -0.2) is 0 Å². The van der Waals surface area contributed by atoms with Crippen LogP contribution in [0.5, 0.6) is 5.75 Å². The van der Waals surface area contributed by atoms with Crippen LogP contribution in [-0.2, 0) is 0 Å². The first-order chi connectivity index (χ1) is 8.74. The van der Waals surface area contributed by atoms with E-state index in [1.807, 2.05) is 7.05 Å². The predicted molar refractivity (Wildman–Crippen MR) is 82.0 cm³/mol. The molecule has 0 aliphatic rings. The van der Waals surface area contributed by atoms with E-state index in [9.17, 15) is 0 Å². The van der Waals surface area contributed by atoms with Crippen LogP contribution in [0.3, 0.4) is 0 Å². The van der Waals surface area contributed by atoms with Gasteiger partial charge in [0.05, 0.1) is 13.2 Å². The van der Waals surface area contributed by atoms with E-state index in [2.05, 4.69) is 64.1 Å². The van der Waals surface area contributed by atoms with Gasteiger partial charge >= 0.3 is 0 Å². The van der Waals surface area contributed by atoms with Gasteiger partial charge in [0.1, 0.15) is 5.75 Å². The Morgan fingerprint density at radius 1 is 1.16 bits per heavy atom. The maximum Gasteiger partial charge on any atom is 0.124 e. The molecule has 1 rings (SSSR count). The highest BCUT2D eigenvalue weighted by atomic mass is 16.5. The number of hydrogen-bond donors (Lipinski definition) is 1. The molecule has 1 aromatic carbocycles. The quantitative estimate of drug-likeness (QED) is 0.885. The van der Waals surface area contributed by atoms with Crippen molar-refractivity contribution in [1.82, 2.24) is 10.2 Å². The van der Waals surface area contributed by atoms with Gasteiger partial charge in [-0.3, -0.25) is 0 Å². The van der Waals surface area contributed by atoms with Crippen molar-refractivity contribution in [3.05, 3.63) is 28.8 Å². The zero-order valence-electron chi connectivity index (χ0n) is 13.6. The third-order valence-electron chi connectivity index (χ3n) is 3.85. The topological polar surface area (TPSA) is 24.5 Å². The zero-order chi connectivity index (χ0) is 14.8. The van der Waals surface area contributed by atoms with Crippen LogP contribution in [0.2, 0.25) is 0 Å². The molecule has 0 aliphatic heterocycles. The molecule has 0 aromatic heterocycles. The van der Waals surface area contributed by atoms with Crippen LogP contribution < -0.4 is 10.1 Å². The number of benzene rings is 1. The van der Waals surface area contributed by atoms with Crippen molar-refractivity contribution in [3.8, 4) is 5.75 Å². The van der Waals surface area contributed by atoms with Crippen molar-refractivity contribution in [1.29, 1.82) is 0 Å². The minimum Gasteiger partial charge on any atom is -0.496 e. The largest absolute Gasteiger partial charge is 0.496 e. The van der Waals surface area contributed by atoms with Gasteiger partial charge < -0.3 is 15.0 Å². The Morgan fingerprint density at radius 2 is 1.63 bits per heavy atom. The van der Waals surface area contributed by atoms with Crippen LogP contribution >= 0.6 is 0 Å². The zero-order valence-corrected chi connectivity index (χ0v) is 13.6. The first-order valence-corrected chi connectivity index (χ1v) is 6.75. The Kier molecular flexibility index (Phi) is 4.99. The number of likely N-dealkylation sites (N-methyl/N-ethyl adjacent to an activating group) is 2. The lowest BCUT2D eigenvalue weighted by Gasteiger charge is -2.39. The van der Waals surface area contributed by atoms with Crippen molar-refractivity contribution >= 4 is 0 Å². The summed E-state index contributed by atoms with van der Waals surface area (Å²) in [5.74, 6) is 0.989. The number of aryl methyl sites for hydroxylation is 2. The minimum absolute atomic E-state index is 0.00301. The molecular weight excluding hydrogens is 236 g/mol. The van der Waals surface area contributed by atoms with Crippen LogP contribution in [0.4, 0.5) is 0 Å². The van der Waals surface area contributed by atoms with E-state index in [4.69, 9.17) is 4.74 Å². The number of nitrogens with zero attached hydrogens (tertiary/aromatic N) is 1. The predicted octanol–water partition coefficient (Wildman–Crippen LogP) is 2.91. The fourth-order valence-corrected chi connectivity index (χ4v) is 2.96. The molecule has 19 heavy (non-hydrogen) atoms. The number of rotatable bonds is 5. The van der Waals surface area contributed by atoms with E-state index >= 15 is 0 Å². The van der Waals surface area contributed by atoms with Gasteiger partial charge in [0.2, 0.25) is 0 Å². The van der Waals surface area contributed by atoms with E-state index in [1.165, 1.54) is 16.7 Å². The first-order valence-electron chi connectivity index (χ1n) is 6.75. The average Bonchev–Trinajstić information content (AvgIpc) is 2.27. The van der Waals surface area contributed by atoms with Crippen molar-refractivity contribution in [2.45, 2.75) is 39.3 Å². The number of methoxy groups -OCH3 is 1. The summed E-state index contributed by atoms with van der Waals surface area (Å²) in [4.78, 5) is 2.26. The maximum atomic E-state index is 5.45. The fourth-order valence-electron chi connectivity index (χ4n) is 2.96. The fraction of sp³-hybridized carbons (Fsp3) is 0.625. The van der Waals surface area contributed by atoms with Gasteiger partial charge in [0, 0.05) is 5.54 Å². The Hall–Kier alpha value is -1.06. The van der Waals surface area contributed by atoms with Crippen LogP contribution in [-0.4, -0.2) is 38.7 Å². The third-order valence-corrected chi connectivity index (χ3v) is 3.85. The summed E-state index contributed by atoms with van der Waals surface area (Å²) in [5, 5.41) is 3.42. The smallest absolute Gasteiger partial charge is 0.124 e. The number of hydrogen-bond acceptors (Lipinski definition) is 3. The highest BCUT2D eigenvalue weighted by molar-refractivity contribution is 5.44. The average molecular weight is 264 g/mol. The van der Waals surface area contributed by atoms with Crippen molar-refractivity contribution in [3.63, 3.8) is 0 Å². The lowest BCUT2D eigenvalue weighted by atomic mass is 9.86. The summed E-state index contributed by atoms with van der Waals surface area (Å²) in [7, 11) is 7.99. The van der Waals surface area contributed by atoms with Crippen LogP contribution in [0, 0.1) is 13.8 Å². The van der Waals surface area contributed by atoms with Crippen LogP contribution in [0.15, 0.2) is 12.1 Å². The first kappa shape index (κ1) is 16.0. The summed E-state index contributed by atoms with van der Waals surface area (Å²) < 4.78 is 5.45. The molecule has 0 heterocycles. The minimum atomic E-state index is -0.00301. The summed E-state index contributed by atoms with van der Waals surface area (Å²) in [5.41, 5.74) is 3.70. The Bertz CT molecular complexity index is 415. The Labute approximate surface area is 118 Å². The van der Waals surface area contributed by atoms with E-state index in [1.54, 1.807) is 7.11 Å². The van der Waals surface area contributed by atoms with Gasteiger partial charge in [0.15, 0.2) is 0 Å². The van der Waals surface area contributed by atoms with Crippen molar-refractivity contribution in [2.75, 3.05) is 28.3 Å². The monoisotopic (exact) mass is 264 g/mol. The molecule has 0 amide bonds. The molecular formula is C16H28N2O. The normalized spacial score (nSPS) is 13.7. The van der Waals surface area contributed by atoms with Gasteiger partial charge in [-0.2, -0.15) is 0 Å². The molecule has 0 saturated heterocycles. The van der Waals surface area contributed by atoms with Crippen molar-refractivity contribution < 1.29 is 4.74 Å². The van der Waals surface area contributed by atoms with E-state index in [0.717, 1.165) is 5.75 Å². The molecule has 1 atom stereocenters. The molecule has 1 aromatic rings. The SMILES string of the molecule is CNC(C)(C)C(c1cc(C)c(OC)c(C)c1)N(C)C. The van der Waals surface area contributed by atoms with E-state index in [0.29, 0.717) is 6.04 Å². The highest BCUT2D eigenvalue weighted by Gasteiger charge is 2.31. The lowest BCUT2D eigenvalue weighted by Crippen LogP contribution is -2.48. The summed E-state index contributed by atoms with van der Waals surface area (Å²) in [6, 6.07) is 4.77. The second kappa shape index (κ2) is 5.93. The summed E-state index contributed by atoms with van der Waals surface area (Å²) in [6.07, 6.45) is 0.